The maximum absolute atomic E-state index is 13.8. The van der Waals surface area contributed by atoms with E-state index in [1.165, 1.54) is 17.2 Å². The van der Waals surface area contributed by atoms with Crippen LogP contribution >= 0.6 is 0 Å². The van der Waals surface area contributed by atoms with Gasteiger partial charge in [-0.05, 0) is 55.0 Å². The van der Waals surface area contributed by atoms with Crippen molar-refractivity contribution in [2.24, 2.45) is 0 Å². The van der Waals surface area contributed by atoms with E-state index in [4.69, 9.17) is 0 Å². The van der Waals surface area contributed by atoms with Gasteiger partial charge in [0.1, 0.15) is 5.82 Å². The summed E-state index contributed by atoms with van der Waals surface area (Å²) < 4.78 is 13.8. The van der Waals surface area contributed by atoms with Crippen LogP contribution in [0.15, 0.2) is 42.5 Å². The van der Waals surface area contributed by atoms with Gasteiger partial charge in [-0.1, -0.05) is 30.3 Å². The standard InChI is InChI=1S/C18H18FNO/c1-12-6-9-16(17(19)10-12)18(21)20-15-8-7-13-4-2-3-5-14(13)11-15/h2-6,9-10,15H,7-8,11H2,1H3,(H,20,21). The van der Waals surface area contributed by atoms with Gasteiger partial charge in [0, 0.05) is 6.04 Å². The highest BCUT2D eigenvalue weighted by atomic mass is 19.1. The summed E-state index contributed by atoms with van der Waals surface area (Å²) in [6, 6.07) is 13.1. The van der Waals surface area contributed by atoms with E-state index >= 15 is 0 Å². The lowest BCUT2D eigenvalue weighted by Gasteiger charge is -2.25. The summed E-state index contributed by atoms with van der Waals surface area (Å²) in [6.07, 6.45) is 2.67. The predicted molar refractivity (Wildman–Crippen MR) is 80.9 cm³/mol. The molecule has 0 aromatic heterocycles. The molecule has 0 fully saturated rings. The fourth-order valence-corrected chi connectivity index (χ4v) is 2.89. The Morgan fingerprint density at radius 2 is 1.95 bits per heavy atom. The van der Waals surface area contributed by atoms with E-state index in [9.17, 15) is 9.18 Å². The maximum Gasteiger partial charge on any atom is 0.254 e. The molecule has 1 aliphatic carbocycles. The zero-order valence-electron chi connectivity index (χ0n) is 12.0. The lowest BCUT2D eigenvalue weighted by molar-refractivity contribution is 0.0929. The Balaban J connectivity index is 1.71. The number of halogens is 1. The first-order chi connectivity index (χ1) is 10.1. The van der Waals surface area contributed by atoms with Crippen LogP contribution in [0.3, 0.4) is 0 Å². The molecule has 0 bridgehead atoms. The number of nitrogens with one attached hydrogen (secondary N) is 1. The molecule has 1 unspecified atom stereocenters. The van der Waals surface area contributed by atoms with Crippen LogP contribution in [0, 0.1) is 12.7 Å². The average molecular weight is 283 g/mol. The number of hydrogen-bond donors (Lipinski definition) is 1. The van der Waals surface area contributed by atoms with Crippen LogP contribution in [0.2, 0.25) is 0 Å². The Morgan fingerprint density at radius 3 is 2.71 bits per heavy atom. The second kappa shape index (κ2) is 5.68. The molecule has 0 radical (unpaired) electrons. The minimum Gasteiger partial charge on any atom is -0.349 e. The molecule has 1 N–H and O–H groups in total. The highest BCUT2D eigenvalue weighted by Gasteiger charge is 2.21. The number of aryl methyl sites for hydroxylation is 2. The minimum atomic E-state index is -0.455. The van der Waals surface area contributed by atoms with Gasteiger partial charge in [0.15, 0.2) is 0 Å². The van der Waals surface area contributed by atoms with Crippen molar-refractivity contribution >= 4 is 5.91 Å². The summed E-state index contributed by atoms with van der Waals surface area (Å²) in [7, 11) is 0. The minimum absolute atomic E-state index is 0.0769. The summed E-state index contributed by atoms with van der Waals surface area (Å²) in [5, 5.41) is 2.96. The van der Waals surface area contributed by atoms with Crippen molar-refractivity contribution in [3.8, 4) is 0 Å². The Hall–Kier alpha value is -2.16. The Bertz CT molecular complexity index is 681. The topological polar surface area (TPSA) is 29.1 Å². The van der Waals surface area contributed by atoms with Gasteiger partial charge in [-0.3, -0.25) is 4.79 Å². The van der Waals surface area contributed by atoms with Gasteiger partial charge in [-0.15, -0.1) is 0 Å². The lowest BCUT2D eigenvalue weighted by Crippen LogP contribution is -2.39. The van der Waals surface area contributed by atoms with Crippen molar-refractivity contribution < 1.29 is 9.18 Å². The van der Waals surface area contributed by atoms with Crippen LogP contribution in [-0.2, 0) is 12.8 Å². The van der Waals surface area contributed by atoms with Crippen LogP contribution in [-0.4, -0.2) is 11.9 Å². The van der Waals surface area contributed by atoms with E-state index in [2.05, 4.69) is 17.4 Å². The quantitative estimate of drug-likeness (QED) is 0.899. The molecule has 1 aliphatic rings. The Kier molecular flexibility index (Phi) is 3.74. The van der Waals surface area contributed by atoms with Crippen LogP contribution < -0.4 is 5.32 Å². The largest absolute Gasteiger partial charge is 0.349 e. The molecule has 2 nitrogen and oxygen atoms in total. The average Bonchev–Trinajstić information content (AvgIpc) is 2.47. The third kappa shape index (κ3) is 2.97. The van der Waals surface area contributed by atoms with E-state index < -0.39 is 5.82 Å². The van der Waals surface area contributed by atoms with Gasteiger partial charge in [0.05, 0.1) is 5.56 Å². The molecule has 108 valence electrons. The molecule has 0 spiro atoms. The van der Waals surface area contributed by atoms with Gasteiger partial charge in [-0.25, -0.2) is 4.39 Å². The van der Waals surface area contributed by atoms with Crippen LogP contribution in [0.5, 0.6) is 0 Å². The van der Waals surface area contributed by atoms with E-state index in [1.807, 2.05) is 19.1 Å². The predicted octanol–water partition coefficient (Wildman–Crippen LogP) is 3.42. The van der Waals surface area contributed by atoms with E-state index in [1.54, 1.807) is 12.1 Å². The molecule has 1 amide bonds. The van der Waals surface area contributed by atoms with Gasteiger partial charge in [0.2, 0.25) is 0 Å². The van der Waals surface area contributed by atoms with Crippen molar-refractivity contribution in [3.63, 3.8) is 0 Å². The van der Waals surface area contributed by atoms with Crippen molar-refractivity contribution in [3.05, 3.63) is 70.5 Å². The number of benzene rings is 2. The first-order valence-electron chi connectivity index (χ1n) is 7.27. The highest BCUT2D eigenvalue weighted by molar-refractivity contribution is 5.94. The Morgan fingerprint density at radius 1 is 1.19 bits per heavy atom. The van der Waals surface area contributed by atoms with Crippen molar-refractivity contribution in [1.29, 1.82) is 0 Å². The lowest BCUT2D eigenvalue weighted by atomic mass is 9.88. The van der Waals surface area contributed by atoms with Crippen molar-refractivity contribution in [1.82, 2.24) is 5.32 Å². The molecular weight excluding hydrogens is 265 g/mol. The van der Waals surface area contributed by atoms with Gasteiger partial charge < -0.3 is 5.32 Å². The second-order valence-electron chi connectivity index (χ2n) is 5.67. The van der Waals surface area contributed by atoms with Crippen LogP contribution in [0.25, 0.3) is 0 Å². The number of fused-ring (bicyclic) bond motifs is 1. The Labute approximate surface area is 124 Å². The third-order valence-electron chi connectivity index (χ3n) is 4.05. The summed E-state index contributed by atoms with van der Waals surface area (Å²) in [6.45, 7) is 1.81. The second-order valence-corrected chi connectivity index (χ2v) is 5.67. The molecule has 0 aliphatic heterocycles. The first-order valence-corrected chi connectivity index (χ1v) is 7.27. The molecule has 2 aromatic rings. The van der Waals surface area contributed by atoms with Crippen molar-refractivity contribution in [2.45, 2.75) is 32.2 Å². The SMILES string of the molecule is Cc1ccc(C(=O)NC2CCc3ccccc3C2)c(F)c1. The van der Waals surface area contributed by atoms with E-state index in [0.717, 1.165) is 24.8 Å². The van der Waals surface area contributed by atoms with Crippen LogP contribution in [0.4, 0.5) is 4.39 Å². The summed E-state index contributed by atoms with van der Waals surface area (Å²) >= 11 is 0. The molecule has 0 saturated heterocycles. The number of rotatable bonds is 2. The molecule has 0 saturated carbocycles. The zero-order valence-corrected chi connectivity index (χ0v) is 12.0. The molecule has 2 aromatic carbocycles. The van der Waals surface area contributed by atoms with Crippen LogP contribution in [0.1, 0.15) is 33.5 Å². The summed E-state index contributed by atoms with van der Waals surface area (Å²) in [5.41, 5.74) is 3.57. The number of carbonyl (C=O) groups is 1. The van der Waals surface area contributed by atoms with Gasteiger partial charge >= 0.3 is 0 Å². The molecule has 3 rings (SSSR count). The molecule has 21 heavy (non-hydrogen) atoms. The first kappa shape index (κ1) is 13.8. The third-order valence-corrected chi connectivity index (χ3v) is 4.05. The fourth-order valence-electron chi connectivity index (χ4n) is 2.89. The summed E-state index contributed by atoms with van der Waals surface area (Å²) in [4.78, 5) is 12.2. The van der Waals surface area contributed by atoms with Crippen molar-refractivity contribution in [2.75, 3.05) is 0 Å². The van der Waals surface area contributed by atoms with E-state index in [0.29, 0.717) is 0 Å². The normalized spacial score (nSPS) is 17.1. The monoisotopic (exact) mass is 283 g/mol. The number of hydrogen-bond acceptors (Lipinski definition) is 1. The molecular formula is C18H18FNO. The number of amides is 1. The zero-order chi connectivity index (χ0) is 14.8. The smallest absolute Gasteiger partial charge is 0.254 e. The van der Waals surface area contributed by atoms with Gasteiger partial charge in [-0.2, -0.15) is 0 Å². The molecule has 1 atom stereocenters. The maximum atomic E-state index is 13.8. The molecule has 0 heterocycles. The number of carbonyl (C=O) groups excluding carboxylic acids is 1. The van der Waals surface area contributed by atoms with Gasteiger partial charge in [0.25, 0.3) is 5.91 Å². The summed E-state index contributed by atoms with van der Waals surface area (Å²) in [5.74, 6) is -0.777. The highest BCUT2D eigenvalue weighted by Crippen LogP contribution is 2.21. The fraction of sp³-hybridized carbons (Fsp3) is 0.278. The van der Waals surface area contributed by atoms with E-state index in [-0.39, 0.29) is 17.5 Å². The molecule has 3 heteroatoms.